The zero-order valence-electron chi connectivity index (χ0n) is 9.77. The average Bonchev–Trinajstić information content (AvgIpc) is 2.28. The van der Waals surface area contributed by atoms with E-state index in [4.69, 9.17) is 5.73 Å². The summed E-state index contributed by atoms with van der Waals surface area (Å²) in [4.78, 5) is 15.9. The SMILES string of the molecule is Cc1cc(N)c(C(=O)Nc2cccc(F)c2)cn1. The first kappa shape index (κ1) is 12.0. The molecule has 0 unspecified atom stereocenters. The monoisotopic (exact) mass is 245 g/mol. The quantitative estimate of drug-likeness (QED) is 0.853. The molecule has 1 aromatic carbocycles. The molecule has 2 rings (SSSR count). The summed E-state index contributed by atoms with van der Waals surface area (Å²) < 4.78 is 13.0. The van der Waals surface area contributed by atoms with Crippen molar-refractivity contribution in [3.05, 3.63) is 53.6 Å². The van der Waals surface area contributed by atoms with Crippen molar-refractivity contribution in [3.63, 3.8) is 0 Å². The lowest BCUT2D eigenvalue weighted by Crippen LogP contribution is -2.14. The Bertz CT molecular complexity index is 599. The minimum Gasteiger partial charge on any atom is -0.398 e. The zero-order chi connectivity index (χ0) is 13.1. The predicted octanol–water partition coefficient (Wildman–Crippen LogP) is 2.36. The van der Waals surface area contributed by atoms with Gasteiger partial charge in [-0.2, -0.15) is 0 Å². The second-order valence-electron chi connectivity index (χ2n) is 3.88. The van der Waals surface area contributed by atoms with Crippen molar-refractivity contribution in [2.75, 3.05) is 11.1 Å². The number of carbonyl (C=O) groups is 1. The number of hydrogen-bond donors (Lipinski definition) is 2. The van der Waals surface area contributed by atoms with E-state index >= 15 is 0 Å². The van der Waals surface area contributed by atoms with Crippen LogP contribution in [0, 0.1) is 12.7 Å². The van der Waals surface area contributed by atoms with E-state index in [1.807, 2.05) is 0 Å². The summed E-state index contributed by atoms with van der Waals surface area (Å²) in [6.07, 6.45) is 1.40. The van der Waals surface area contributed by atoms with Crippen LogP contribution in [0.1, 0.15) is 16.1 Å². The number of amides is 1. The van der Waals surface area contributed by atoms with Crippen molar-refractivity contribution >= 4 is 17.3 Å². The molecule has 4 nitrogen and oxygen atoms in total. The van der Waals surface area contributed by atoms with Crippen LogP contribution in [0.5, 0.6) is 0 Å². The van der Waals surface area contributed by atoms with Gasteiger partial charge < -0.3 is 11.1 Å². The molecule has 1 heterocycles. The van der Waals surface area contributed by atoms with E-state index < -0.39 is 11.7 Å². The van der Waals surface area contributed by atoms with Gasteiger partial charge in [0.1, 0.15) is 5.82 Å². The minimum absolute atomic E-state index is 0.268. The summed E-state index contributed by atoms with van der Waals surface area (Å²) in [5.41, 5.74) is 7.45. The number of aryl methyl sites for hydroxylation is 1. The van der Waals surface area contributed by atoms with Crippen LogP contribution in [0.2, 0.25) is 0 Å². The predicted molar refractivity (Wildman–Crippen MR) is 67.7 cm³/mol. The molecule has 0 radical (unpaired) electrons. The van der Waals surface area contributed by atoms with E-state index in [1.54, 1.807) is 19.1 Å². The van der Waals surface area contributed by atoms with Gasteiger partial charge in [-0.3, -0.25) is 9.78 Å². The number of halogens is 1. The molecule has 92 valence electrons. The number of carbonyl (C=O) groups excluding carboxylic acids is 1. The molecule has 5 heteroatoms. The topological polar surface area (TPSA) is 68.0 Å². The summed E-state index contributed by atoms with van der Waals surface area (Å²) in [5.74, 6) is -0.826. The van der Waals surface area contributed by atoms with Gasteiger partial charge >= 0.3 is 0 Å². The van der Waals surface area contributed by atoms with E-state index in [2.05, 4.69) is 10.3 Å². The fourth-order valence-corrected chi connectivity index (χ4v) is 1.54. The zero-order valence-corrected chi connectivity index (χ0v) is 9.77. The van der Waals surface area contributed by atoms with Gasteiger partial charge in [-0.15, -0.1) is 0 Å². The first-order valence-electron chi connectivity index (χ1n) is 5.35. The second-order valence-corrected chi connectivity index (χ2v) is 3.88. The Hall–Kier alpha value is -2.43. The van der Waals surface area contributed by atoms with Gasteiger partial charge in [-0.25, -0.2) is 4.39 Å². The molecule has 0 aliphatic rings. The number of nitrogens with zero attached hydrogens (tertiary/aromatic N) is 1. The Morgan fingerprint density at radius 1 is 1.39 bits per heavy atom. The highest BCUT2D eigenvalue weighted by molar-refractivity contribution is 6.07. The maximum absolute atomic E-state index is 13.0. The molecular weight excluding hydrogens is 233 g/mol. The Labute approximate surface area is 104 Å². The third-order valence-corrected chi connectivity index (χ3v) is 2.40. The molecule has 0 atom stereocenters. The van der Waals surface area contributed by atoms with E-state index in [-0.39, 0.29) is 5.56 Å². The van der Waals surface area contributed by atoms with Crippen LogP contribution in [0.15, 0.2) is 36.5 Å². The molecule has 0 aliphatic heterocycles. The molecule has 0 spiro atoms. The van der Waals surface area contributed by atoms with Crippen molar-refractivity contribution in [2.24, 2.45) is 0 Å². The highest BCUT2D eigenvalue weighted by Gasteiger charge is 2.10. The van der Waals surface area contributed by atoms with Crippen LogP contribution >= 0.6 is 0 Å². The standard InChI is InChI=1S/C13H12FN3O/c1-8-5-12(15)11(7-16-8)13(18)17-10-4-2-3-9(14)6-10/h2-7H,1H3,(H2,15,16)(H,17,18). The maximum atomic E-state index is 13.0. The summed E-state index contributed by atoms with van der Waals surface area (Å²) in [6, 6.07) is 7.26. The lowest BCUT2D eigenvalue weighted by molar-refractivity contribution is 0.102. The van der Waals surface area contributed by atoms with Gasteiger partial charge in [0.15, 0.2) is 0 Å². The number of pyridine rings is 1. The smallest absolute Gasteiger partial charge is 0.259 e. The number of nitrogens with two attached hydrogens (primary N) is 1. The van der Waals surface area contributed by atoms with Gasteiger partial charge in [0, 0.05) is 23.3 Å². The van der Waals surface area contributed by atoms with Crippen LogP contribution in [0.3, 0.4) is 0 Å². The van der Waals surface area contributed by atoms with Gasteiger partial charge in [0.2, 0.25) is 0 Å². The van der Waals surface area contributed by atoms with Crippen LogP contribution < -0.4 is 11.1 Å². The van der Waals surface area contributed by atoms with E-state index in [0.717, 1.165) is 5.69 Å². The van der Waals surface area contributed by atoms with E-state index in [0.29, 0.717) is 11.4 Å². The molecule has 3 N–H and O–H groups in total. The fraction of sp³-hybridized carbons (Fsp3) is 0.0769. The molecule has 0 fully saturated rings. The van der Waals surface area contributed by atoms with Crippen LogP contribution in [-0.4, -0.2) is 10.9 Å². The molecule has 0 aliphatic carbocycles. The second kappa shape index (κ2) is 4.83. The normalized spacial score (nSPS) is 10.1. The lowest BCUT2D eigenvalue weighted by Gasteiger charge is -2.07. The van der Waals surface area contributed by atoms with Crippen molar-refractivity contribution in [2.45, 2.75) is 6.92 Å². The molecule has 0 saturated carbocycles. The maximum Gasteiger partial charge on any atom is 0.259 e. The number of hydrogen-bond acceptors (Lipinski definition) is 3. The summed E-state index contributed by atoms with van der Waals surface area (Å²) in [7, 11) is 0. The number of nitrogen functional groups attached to an aromatic ring is 1. The lowest BCUT2D eigenvalue weighted by atomic mass is 10.2. The van der Waals surface area contributed by atoms with Crippen LogP contribution in [-0.2, 0) is 0 Å². The van der Waals surface area contributed by atoms with Crippen molar-refractivity contribution in [1.82, 2.24) is 4.98 Å². The van der Waals surface area contributed by atoms with Gasteiger partial charge in [0.05, 0.1) is 5.56 Å². The van der Waals surface area contributed by atoms with Crippen LogP contribution in [0.4, 0.5) is 15.8 Å². The van der Waals surface area contributed by atoms with Gasteiger partial charge in [-0.05, 0) is 31.2 Å². The number of benzene rings is 1. The largest absolute Gasteiger partial charge is 0.398 e. The number of anilines is 2. The molecule has 1 amide bonds. The van der Waals surface area contributed by atoms with Crippen LogP contribution in [0.25, 0.3) is 0 Å². The summed E-state index contributed by atoms with van der Waals surface area (Å²) in [5, 5.41) is 2.56. The molecule has 1 aromatic heterocycles. The Morgan fingerprint density at radius 2 is 2.17 bits per heavy atom. The number of nitrogens with one attached hydrogen (secondary N) is 1. The molecule has 0 saturated heterocycles. The Balaban J connectivity index is 2.22. The summed E-state index contributed by atoms with van der Waals surface area (Å²) >= 11 is 0. The molecule has 2 aromatic rings. The van der Waals surface area contributed by atoms with Gasteiger partial charge in [-0.1, -0.05) is 6.07 Å². The third kappa shape index (κ3) is 2.63. The van der Waals surface area contributed by atoms with E-state index in [1.165, 1.54) is 24.4 Å². The van der Waals surface area contributed by atoms with Crippen molar-refractivity contribution < 1.29 is 9.18 Å². The number of rotatable bonds is 2. The first-order valence-corrected chi connectivity index (χ1v) is 5.35. The summed E-state index contributed by atoms with van der Waals surface area (Å²) in [6.45, 7) is 1.78. The van der Waals surface area contributed by atoms with E-state index in [9.17, 15) is 9.18 Å². The average molecular weight is 245 g/mol. The third-order valence-electron chi connectivity index (χ3n) is 2.40. The highest BCUT2D eigenvalue weighted by atomic mass is 19.1. The molecule has 18 heavy (non-hydrogen) atoms. The van der Waals surface area contributed by atoms with Crippen molar-refractivity contribution in [3.8, 4) is 0 Å². The number of aromatic nitrogens is 1. The molecular formula is C13H12FN3O. The fourth-order valence-electron chi connectivity index (χ4n) is 1.54. The van der Waals surface area contributed by atoms with Crippen molar-refractivity contribution in [1.29, 1.82) is 0 Å². The highest BCUT2D eigenvalue weighted by Crippen LogP contribution is 2.15. The first-order chi connectivity index (χ1) is 8.56. The Kier molecular flexibility index (Phi) is 3.23. The minimum atomic E-state index is -0.414. The van der Waals surface area contributed by atoms with Gasteiger partial charge in [0.25, 0.3) is 5.91 Å². The Morgan fingerprint density at radius 3 is 2.83 bits per heavy atom. The molecule has 0 bridgehead atoms.